The lowest BCUT2D eigenvalue weighted by Gasteiger charge is -2.11. The summed E-state index contributed by atoms with van der Waals surface area (Å²) in [5, 5.41) is 10.2. The van der Waals surface area contributed by atoms with Gasteiger partial charge < -0.3 is 21.0 Å². The van der Waals surface area contributed by atoms with E-state index in [0.29, 0.717) is 34.9 Å². The van der Waals surface area contributed by atoms with Gasteiger partial charge in [-0.2, -0.15) is 0 Å². The van der Waals surface area contributed by atoms with Crippen molar-refractivity contribution >= 4 is 21.9 Å². The number of nitrogens with two attached hydrogens (primary N) is 2. The van der Waals surface area contributed by atoms with Gasteiger partial charge in [-0.15, -0.1) is 0 Å². The summed E-state index contributed by atoms with van der Waals surface area (Å²) in [6.07, 6.45) is 0.431. The molecule has 22 heavy (non-hydrogen) atoms. The van der Waals surface area contributed by atoms with Gasteiger partial charge in [-0.1, -0.05) is 18.2 Å². The van der Waals surface area contributed by atoms with Crippen LogP contribution in [0.5, 0.6) is 0 Å². The summed E-state index contributed by atoms with van der Waals surface area (Å²) in [5.41, 5.74) is 14.9. The summed E-state index contributed by atoms with van der Waals surface area (Å²) < 4.78 is 6.03. The van der Waals surface area contributed by atoms with Crippen LogP contribution in [0.4, 0.5) is 0 Å². The van der Waals surface area contributed by atoms with E-state index < -0.39 is 0 Å². The van der Waals surface area contributed by atoms with E-state index >= 15 is 0 Å². The molecule has 0 bridgehead atoms. The summed E-state index contributed by atoms with van der Waals surface area (Å²) in [4.78, 5) is 12.7. The highest BCUT2D eigenvalue weighted by Crippen LogP contribution is 2.26. The highest BCUT2D eigenvalue weighted by Gasteiger charge is 2.15. The number of hydrogen-bond donors (Lipinski definition) is 3. The van der Waals surface area contributed by atoms with Gasteiger partial charge in [0.1, 0.15) is 11.2 Å². The molecule has 0 fully saturated rings. The van der Waals surface area contributed by atoms with Crippen molar-refractivity contribution < 1.29 is 9.52 Å². The van der Waals surface area contributed by atoms with Crippen LogP contribution in [0.15, 0.2) is 39.5 Å². The Morgan fingerprint density at radius 2 is 1.73 bits per heavy atom. The van der Waals surface area contributed by atoms with Gasteiger partial charge in [-0.25, -0.2) is 0 Å². The Labute approximate surface area is 127 Å². The number of fused-ring (bicyclic) bond motifs is 2. The molecule has 0 saturated carbocycles. The molecule has 5 nitrogen and oxygen atoms in total. The van der Waals surface area contributed by atoms with E-state index in [2.05, 4.69) is 0 Å². The number of aliphatic hydroxyl groups excluding tert-OH is 1. The Kier molecular flexibility index (Phi) is 3.94. The summed E-state index contributed by atoms with van der Waals surface area (Å²) in [7, 11) is 0. The zero-order valence-corrected chi connectivity index (χ0v) is 12.1. The molecule has 0 saturated heterocycles. The summed E-state index contributed by atoms with van der Waals surface area (Å²) in [6, 6.07) is 8.95. The van der Waals surface area contributed by atoms with Gasteiger partial charge in [0.15, 0.2) is 0 Å². The molecule has 0 aliphatic heterocycles. The van der Waals surface area contributed by atoms with Crippen LogP contribution in [0.25, 0.3) is 21.9 Å². The fourth-order valence-electron chi connectivity index (χ4n) is 2.83. The van der Waals surface area contributed by atoms with E-state index in [1.54, 1.807) is 18.2 Å². The predicted molar refractivity (Wildman–Crippen MR) is 86.6 cm³/mol. The van der Waals surface area contributed by atoms with Crippen LogP contribution in [-0.4, -0.2) is 11.7 Å². The number of benzene rings is 2. The topological polar surface area (TPSA) is 102 Å². The molecule has 0 atom stereocenters. The van der Waals surface area contributed by atoms with Gasteiger partial charge in [0.05, 0.1) is 10.8 Å². The second-order valence-electron chi connectivity index (χ2n) is 5.19. The Balaban J connectivity index is 2.48. The molecule has 1 heterocycles. The SMILES string of the molecule is NCc1ccc2c(=O)c3cccc(CCO)c3oc2c1CN. The van der Waals surface area contributed by atoms with Crippen LogP contribution in [0.2, 0.25) is 0 Å². The first-order valence-corrected chi connectivity index (χ1v) is 7.21. The zero-order valence-electron chi connectivity index (χ0n) is 12.1. The summed E-state index contributed by atoms with van der Waals surface area (Å²) in [6.45, 7) is 0.580. The summed E-state index contributed by atoms with van der Waals surface area (Å²) >= 11 is 0. The van der Waals surface area contributed by atoms with Crippen molar-refractivity contribution in [2.75, 3.05) is 6.61 Å². The lowest BCUT2D eigenvalue weighted by atomic mass is 10.0. The normalized spacial score (nSPS) is 11.4. The van der Waals surface area contributed by atoms with Crippen molar-refractivity contribution in [2.24, 2.45) is 11.5 Å². The Morgan fingerprint density at radius 1 is 0.955 bits per heavy atom. The van der Waals surface area contributed by atoms with Crippen LogP contribution in [0, 0.1) is 0 Å². The largest absolute Gasteiger partial charge is 0.455 e. The first-order chi connectivity index (χ1) is 10.7. The lowest BCUT2D eigenvalue weighted by Crippen LogP contribution is -2.10. The third-order valence-corrected chi connectivity index (χ3v) is 3.95. The monoisotopic (exact) mass is 298 g/mol. The average Bonchev–Trinajstić information content (AvgIpc) is 2.55. The molecule has 5 heteroatoms. The van der Waals surface area contributed by atoms with Crippen molar-refractivity contribution in [3.8, 4) is 0 Å². The zero-order chi connectivity index (χ0) is 15.7. The second kappa shape index (κ2) is 5.88. The number of aliphatic hydroxyl groups is 1. The molecule has 0 spiro atoms. The van der Waals surface area contributed by atoms with Crippen molar-refractivity contribution in [3.63, 3.8) is 0 Å². The first-order valence-electron chi connectivity index (χ1n) is 7.21. The quantitative estimate of drug-likeness (QED) is 0.632. The molecule has 0 unspecified atom stereocenters. The van der Waals surface area contributed by atoms with E-state index in [1.165, 1.54) is 0 Å². The Hall–Kier alpha value is -2.21. The van der Waals surface area contributed by atoms with E-state index in [-0.39, 0.29) is 18.6 Å². The fraction of sp³-hybridized carbons (Fsp3) is 0.235. The van der Waals surface area contributed by atoms with Crippen LogP contribution < -0.4 is 16.9 Å². The number of para-hydroxylation sites is 1. The standard InChI is InChI=1S/C17H18N2O3/c18-8-11-4-5-13-15(21)12-3-1-2-10(6-7-20)16(12)22-17(13)14(11)9-19/h1-5,20H,6-9,18-19H2. The highest BCUT2D eigenvalue weighted by atomic mass is 16.3. The maximum atomic E-state index is 12.7. The molecule has 0 aliphatic rings. The van der Waals surface area contributed by atoms with E-state index in [4.69, 9.17) is 15.9 Å². The third-order valence-electron chi connectivity index (χ3n) is 3.95. The van der Waals surface area contributed by atoms with Gasteiger partial charge in [-0.3, -0.25) is 4.79 Å². The molecule has 2 aromatic carbocycles. The van der Waals surface area contributed by atoms with Gasteiger partial charge in [0, 0.05) is 25.3 Å². The minimum Gasteiger partial charge on any atom is -0.455 e. The number of hydrogen-bond acceptors (Lipinski definition) is 5. The molecule has 1 aromatic heterocycles. The Bertz CT molecular complexity index is 900. The van der Waals surface area contributed by atoms with Gasteiger partial charge in [0.25, 0.3) is 0 Å². The fourth-order valence-corrected chi connectivity index (χ4v) is 2.83. The molecular formula is C17H18N2O3. The molecule has 0 aliphatic carbocycles. The molecule has 0 amide bonds. The minimum absolute atomic E-state index is 0.00650. The van der Waals surface area contributed by atoms with E-state index in [9.17, 15) is 9.90 Å². The first kappa shape index (κ1) is 14.7. The van der Waals surface area contributed by atoms with Crippen LogP contribution in [0.3, 0.4) is 0 Å². The van der Waals surface area contributed by atoms with Gasteiger partial charge in [0.2, 0.25) is 5.43 Å². The van der Waals surface area contributed by atoms with Crippen LogP contribution >= 0.6 is 0 Å². The molecule has 3 rings (SSSR count). The maximum Gasteiger partial charge on any atom is 0.200 e. The van der Waals surface area contributed by atoms with Crippen molar-refractivity contribution in [1.82, 2.24) is 0 Å². The second-order valence-corrected chi connectivity index (χ2v) is 5.19. The minimum atomic E-state index is -0.0886. The van der Waals surface area contributed by atoms with Gasteiger partial charge in [-0.05, 0) is 29.7 Å². The average molecular weight is 298 g/mol. The van der Waals surface area contributed by atoms with Crippen molar-refractivity contribution in [2.45, 2.75) is 19.5 Å². The summed E-state index contributed by atoms with van der Waals surface area (Å²) in [5.74, 6) is 0. The maximum absolute atomic E-state index is 12.7. The Morgan fingerprint density at radius 3 is 2.41 bits per heavy atom. The van der Waals surface area contributed by atoms with Crippen molar-refractivity contribution in [1.29, 1.82) is 0 Å². The lowest BCUT2D eigenvalue weighted by molar-refractivity contribution is 0.299. The third kappa shape index (κ3) is 2.20. The van der Waals surface area contributed by atoms with Crippen LogP contribution in [0.1, 0.15) is 16.7 Å². The molecular weight excluding hydrogens is 280 g/mol. The smallest absolute Gasteiger partial charge is 0.200 e. The predicted octanol–water partition coefficient (Wildman–Crippen LogP) is 1.40. The van der Waals surface area contributed by atoms with Crippen LogP contribution in [-0.2, 0) is 19.5 Å². The number of rotatable bonds is 4. The van der Waals surface area contributed by atoms with E-state index in [1.807, 2.05) is 12.1 Å². The highest BCUT2D eigenvalue weighted by molar-refractivity contribution is 5.92. The molecule has 114 valence electrons. The van der Waals surface area contributed by atoms with E-state index in [0.717, 1.165) is 16.7 Å². The molecule has 5 N–H and O–H groups in total. The van der Waals surface area contributed by atoms with Gasteiger partial charge >= 0.3 is 0 Å². The van der Waals surface area contributed by atoms with Crippen molar-refractivity contribution in [3.05, 3.63) is 57.2 Å². The molecule has 0 radical (unpaired) electrons. The molecule has 3 aromatic rings.